The van der Waals surface area contributed by atoms with Crippen molar-refractivity contribution in [3.8, 4) is 0 Å². The van der Waals surface area contributed by atoms with Crippen LogP contribution in [0.25, 0.3) is 0 Å². The van der Waals surface area contributed by atoms with E-state index in [9.17, 15) is 4.79 Å². The number of rotatable bonds is 7. The summed E-state index contributed by atoms with van der Waals surface area (Å²) in [7, 11) is 0. The third-order valence-electron chi connectivity index (χ3n) is 3.28. The lowest BCUT2D eigenvalue weighted by molar-refractivity contribution is -0.136. The van der Waals surface area contributed by atoms with E-state index in [2.05, 4.69) is 20.6 Å². The van der Waals surface area contributed by atoms with Gasteiger partial charge in [0, 0.05) is 19.2 Å². The monoisotopic (exact) mass is 264 g/mol. The van der Waals surface area contributed by atoms with Crippen LogP contribution in [0.15, 0.2) is 6.07 Å². The van der Waals surface area contributed by atoms with Gasteiger partial charge in [0.2, 0.25) is 0 Å². The predicted molar refractivity (Wildman–Crippen MR) is 73.3 cm³/mol. The van der Waals surface area contributed by atoms with Crippen LogP contribution in [0.2, 0.25) is 0 Å². The molecule has 1 fully saturated rings. The molecule has 1 aromatic rings. The van der Waals surface area contributed by atoms with Gasteiger partial charge >= 0.3 is 5.97 Å². The maximum absolute atomic E-state index is 10.5. The van der Waals surface area contributed by atoms with Crippen molar-refractivity contribution >= 4 is 17.6 Å². The van der Waals surface area contributed by atoms with Gasteiger partial charge in [-0.15, -0.1) is 0 Å². The Morgan fingerprint density at radius 2 is 2.05 bits per heavy atom. The van der Waals surface area contributed by atoms with E-state index in [-0.39, 0.29) is 6.42 Å². The van der Waals surface area contributed by atoms with Crippen LogP contribution in [0.4, 0.5) is 11.6 Å². The highest BCUT2D eigenvalue weighted by molar-refractivity contribution is 5.67. The second-order valence-electron chi connectivity index (χ2n) is 4.93. The maximum atomic E-state index is 10.5. The van der Waals surface area contributed by atoms with Gasteiger partial charge in [-0.25, -0.2) is 9.97 Å². The van der Waals surface area contributed by atoms with E-state index in [0.717, 1.165) is 18.3 Å². The zero-order chi connectivity index (χ0) is 13.7. The molecule has 0 saturated heterocycles. The summed E-state index contributed by atoms with van der Waals surface area (Å²) in [5.41, 5.74) is 0. The molecule has 1 saturated carbocycles. The highest BCUT2D eigenvalue weighted by Crippen LogP contribution is 2.26. The van der Waals surface area contributed by atoms with Crippen LogP contribution >= 0.6 is 0 Å². The number of hydrogen-bond donors (Lipinski definition) is 3. The van der Waals surface area contributed by atoms with Crippen LogP contribution in [0.3, 0.4) is 0 Å². The average molecular weight is 264 g/mol. The summed E-state index contributed by atoms with van der Waals surface area (Å²) >= 11 is 0. The lowest BCUT2D eigenvalue weighted by Crippen LogP contribution is -2.21. The van der Waals surface area contributed by atoms with Crippen LogP contribution in [-0.2, 0) is 4.79 Å². The molecule has 0 atom stereocenters. The molecule has 19 heavy (non-hydrogen) atoms. The van der Waals surface area contributed by atoms with Crippen molar-refractivity contribution < 1.29 is 9.90 Å². The number of anilines is 2. The topological polar surface area (TPSA) is 87.1 Å². The van der Waals surface area contributed by atoms with Crippen LogP contribution in [-0.4, -0.2) is 34.1 Å². The van der Waals surface area contributed by atoms with E-state index in [4.69, 9.17) is 5.11 Å². The zero-order valence-electron chi connectivity index (χ0n) is 11.1. The molecule has 104 valence electrons. The summed E-state index contributed by atoms with van der Waals surface area (Å²) in [4.78, 5) is 19.0. The fourth-order valence-corrected chi connectivity index (χ4v) is 1.99. The van der Waals surface area contributed by atoms with E-state index in [1.165, 1.54) is 19.3 Å². The molecule has 6 heteroatoms. The molecule has 0 unspecified atom stereocenters. The molecule has 6 nitrogen and oxygen atoms in total. The first-order chi connectivity index (χ1) is 9.13. The Kier molecular flexibility index (Phi) is 4.54. The standard InChI is InChI=1S/C13H20N4O2/c1-9-16-11(14-6-5-13(18)19)7-12(17-9)15-8-10-3-2-4-10/h7,10H,2-6,8H2,1H3,(H,18,19)(H2,14,15,16,17). The minimum atomic E-state index is -0.818. The van der Waals surface area contributed by atoms with Crippen molar-refractivity contribution in [1.29, 1.82) is 0 Å². The Bertz CT molecular complexity index is 446. The Hall–Kier alpha value is -1.85. The zero-order valence-corrected chi connectivity index (χ0v) is 11.1. The molecule has 0 bridgehead atoms. The minimum absolute atomic E-state index is 0.0773. The van der Waals surface area contributed by atoms with Crippen molar-refractivity contribution in [3.05, 3.63) is 11.9 Å². The van der Waals surface area contributed by atoms with Gasteiger partial charge in [-0.2, -0.15) is 0 Å². The lowest BCUT2D eigenvalue weighted by atomic mass is 9.85. The number of carboxylic acid groups (broad SMARTS) is 1. The van der Waals surface area contributed by atoms with Gasteiger partial charge in [-0.3, -0.25) is 4.79 Å². The summed E-state index contributed by atoms with van der Waals surface area (Å²) in [5, 5.41) is 14.9. The second kappa shape index (κ2) is 6.36. The molecule has 1 aliphatic carbocycles. The first-order valence-corrected chi connectivity index (χ1v) is 6.68. The molecule has 1 aromatic heterocycles. The Balaban J connectivity index is 1.87. The minimum Gasteiger partial charge on any atom is -0.481 e. The number of hydrogen-bond acceptors (Lipinski definition) is 5. The van der Waals surface area contributed by atoms with Crippen LogP contribution in [0.1, 0.15) is 31.5 Å². The fraction of sp³-hybridized carbons (Fsp3) is 0.615. The summed E-state index contributed by atoms with van der Waals surface area (Å²) in [6.45, 7) is 3.15. The molecule has 1 aliphatic rings. The summed E-state index contributed by atoms with van der Waals surface area (Å²) in [6, 6.07) is 1.83. The SMILES string of the molecule is Cc1nc(NCCC(=O)O)cc(NCC2CCC2)n1. The highest BCUT2D eigenvalue weighted by atomic mass is 16.4. The van der Waals surface area contributed by atoms with Crippen LogP contribution < -0.4 is 10.6 Å². The van der Waals surface area contributed by atoms with Crippen molar-refractivity contribution in [2.45, 2.75) is 32.6 Å². The Morgan fingerprint density at radius 3 is 2.63 bits per heavy atom. The molecular weight excluding hydrogens is 244 g/mol. The fourth-order valence-electron chi connectivity index (χ4n) is 1.99. The predicted octanol–water partition coefficient (Wildman–Crippen LogP) is 1.88. The summed E-state index contributed by atoms with van der Waals surface area (Å²) in [5.74, 6) is 2.10. The number of aromatic nitrogens is 2. The van der Waals surface area contributed by atoms with Crippen LogP contribution in [0, 0.1) is 12.8 Å². The van der Waals surface area contributed by atoms with E-state index in [0.29, 0.717) is 18.2 Å². The maximum Gasteiger partial charge on any atom is 0.305 e. The van der Waals surface area contributed by atoms with Crippen LogP contribution in [0.5, 0.6) is 0 Å². The van der Waals surface area contributed by atoms with E-state index in [1.54, 1.807) is 0 Å². The van der Waals surface area contributed by atoms with E-state index < -0.39 is 5.97 Å². The molecule has 0 spiro atoms. The van der Waals surface area contributed by atoms with Gasteiger partial charge in [-0.05, 0) is 25.7 Å². The molecule has 0 radical (unpaired) electrons. The number of nitrogens with one attached hydrogen (secondary N) is 2. The van der Waals surface area contributed by atoms with Crippen molar-refractivity contribution in [2.24, 2.45) is 5.92 Å². The molecule has 2 rings (SSSR count). The summed E-state index contributed by atoms with van der Waals surface area (Å²) < 4.78 is 0. The number of aliphatic carboxylic acids is 1. The van der Waals surface area contributed by atoms with Gasteiger partial charge < -0.3 is 15.7 Å². The molecule has 0 aromatic carbocycles. The van der Waals surface area contributed by atoms with Gasteiger partial charge in [0.25, 0.3) is 0 Å². The quantitative estimate of drug-likeness (QED) is 0.697. The number of aryl methyl sites for hydroxylation is 1. The van der Waals surface area contributed by atoms with Crippen molar-refractivity contribution in [2.75, 3.05) is 23.7 Å². The van der Waals surface area contributed by atoms with Gasteiger partial charge in [0.05, 0.1) is 6.42 Å². The van der Waals surface area contributed by atoms with Gasteiger partial charge in [-0.1, -0.05) is 6.42 Å². The normalized spacial score (nSPS) is 14.8. The first-order valence-electron chi connectivity index (χ1n) is 6.68. The molecule has 0 aliphatic heterocycles. The number of carbonyl (C=O) groups is 1. The molecule has 3 N–H and O–H groups in total. The molecular formula is C13H20N4O2. The average Bonchev–Trinajstić information content (AvgIpc) is 2.25. The van der Waals surface area contributed by atoms with Crippen molar-refractivity contribution in [3.63, 3.8) is 0 Å². The highest BCUT2D eigenvalue weighted by Gasteiger charge is 2.17. The largest absolute Gasteiger partial charge is 0.481 e. The summed E-state index contributed by atoms with van der Waals surface area (Å²) in [6.07, 6.45) is 3.99. The lowest BCUT2D eigenvalue weighted by Gasteiger charge is -2.25. The third kappa shape index (κ3) is 4.39. The first kappa shape index (κ1) is 13.6. The Morgan fingerprint density at radius 1 is 1.37 bits per heavy atom. The number of nitrogens with zero attached hydrogens (tertiary/aromatic N) is 2. The number of carboxylic acids is 1. The smallest absolute Gasteiger partial charge is 0.305 e. The Labute approximate surface area is 112 Å². The van der Waals surface area contributed by atoms with E-state index in [1.807, 2.05) is 13.0 Å². The molecule has 1 heterocycles. The van der Waals surface area contributed by atoms with E-state index >= 15 is 0 Å². The van der Waals surface area contributed by atoms with Gasteiger partial charge in [0.15, 0.2) is 0 Å². The second-order valence-corrected chi connectivity index (χ2v) is 4.93. The third-order valence-corrected chi connectivity index (χ3v) is 3.28. The van der Waals surface area contributed by atoms with Gasteiger partial charge in [0.1, 0.15) is 17.5 Å². The van der Waals surface area contributed by atoms with Crippen molar-refractivity contribution in [1.82, 2.24) is 9.97 Å². The molecule has 0 amide bonds.